The molecule has 0 unspecified atom stereocenters. The van der Waals surface area contributed by atoms with Crippen LogP contribution in [0.5, 0.6) is 0 Å². The fourth-order valence-corrected chi connectivity index (χ4v) is 17.0. The van der Waals surface area contributed by atoms with Gasteiger partial charge in [0.05, 0.1) is 50.4 Å². The topological polar surface area (TPSA) is 19.9 Å². The maximum atomic E-state index is 7.50. The Morgan fingerprint density at radius 1 is 0.481 bits per heavy atom. The Balaban J connectivity index is 0.000000273. The molecule has 1 nitrogen and oxygen atoms in total. The van der Waals surface area contributed by atoms with Gasteiger partial charge in [-0.1, -0.05) is 72.8 Å². The van der Waals surface area contributed by atoms with Gasteiger partial charge < -0.3 is 0 Å². The van der Waals surface area contributed by atoms with Crippen molar-refractivity contribution in [1.82, 2.24) is 0 Å². The van der Waals surface area contributed by atoms with Gasteiger partial charge in [0.2, 0.25) is 0 Å². The van der Waals surface area contributed by atoms with Crippen LogP contribution in [0.4, 0.5) is 0 Å². The minimum absolute atomic E-state index is 0.0929. The Hall–Kier alpha value is -1.60. The molecule has 7 heteroatoms. The Kier molecular flexibility index (Phi) is 19.8. The molecule has 0 aromatic heterocycles. The first-order valence-electron chi connectivity index (χ1n) is 17.5. The third kappa shape index (κ3) is 15.3. The number of rotatable bonds is 4. The van der Waals surface area contributed by atoms with Gasteiger partial charge in [0, 0.05) is 0 Å². The molecule has 0 spiro atoms. The summed E-state index contributed by atoms with van der Waals surface area (Å²) in [7, 11) is 11.6. The van der Waals surface area contributed by atoms with Crippen LogP contribution >= 0.6 is 40.7 Å². The normalized spacial score (nSPS) is 11.2. The van der Waals surface area contributed by atoms with Crippen LogP contribution in [-0.4, -0.2) is 13.3 Å². The standard InChI is InChI=1S/C18H29P.2C13H13P.CO.2ClH.W/c1-16(2,3)12-10-13(17(4,5)6)15(19)14(11-12)18(7,8)9;2*1-14(12-8-4-2-5-9-12)13-10-6-3-7-11-13;1-2;;;/h10-11H,1-9H3;2*2-11H,1H3;;2*1H;/q+1;;;;;;+2. The fourth-order valence-electron chi connectivity index (χ4n) is 5.46. The van der Waals surface area contributed by atoms with Crippen LogP contribution in [-0.2, 0) is 34.9 Å². The molecule has 5 aromatic rings. The van der Waals surface area contributed by atoms with E-state index >= 15 is 0 Å². The van der Waals surface area contributed by atoms with Crippen LogP contribution in [0.2, 0.25) is 0 Å². The van der Waals surface area contributed by atoms with Gasteiger partial charge in [-0.3, -0.25) is 0 Å². The molecule has 275 valence electrons. The average molecular weight is 962 g/mol. The third-order valence-electron chi connectivity index (χ3n) is 8.58. The van der Waals surface area contributed by atoms with Crippen molar-refractivity contribution in [3.63, 3.8) is 0 Å². The van der Waals surface area contributed by atoms with E-state index in [0.29, 0.717) is 0 Å². The molecule has 0 aliphatic heterocycles. The molecule has 0 N–H and O–H groups in total. The molecule has 0 bridgehead atoms. The summed E-state index contributed by atoms with van der Waals surface area (Å²) in [6.45, 7) is 29.7. The van der Waals surface area contributed by atoms with E-state index < -0.39 is 29.8 Å². The predicted molar refractivity (Wildman–Crippen MR) is 238 cm³/mol. The van der Waals surface area contributed by atoms with Crippen molar-refractivity contribution in [2.45, 2.75) is 78.6 Å². The molecular weight excluding hydrogens is 904 g/mol. The van der Waals surface area contributed by atoms with Crippen LogP contribution in [0, 0.1) is 6.65 Å². The van der Waals surface area contributed by atoms with Crippen molar-refractivity contribution >= 4 is 67.2 Å². The number of hydrogen-bond acceptors (Lipinski definition) is 0. The minimum atomic E-state index is -2.27. The Bertz CT molecular complexity index is 1700. The molecule has 0 saturated carbocycles. The molecule has 0 heterocycles. The van der Waals surface area contributed by atoms with Crippen LogP contribution < -0.4 is 26.5 Å². The molecule has 5 aromatic carbocycles. The van der Waals surface area contributed by atoms with Gasteiger partial charge in [0.1, 0.15) is 0 Å². The SMILES string of the molecule is CC(C)(C)c1cc(C(C)(C)C)c([P+]#[W]([Cl])[Cl])c(C(C)(C)C)c1.C[PH+](c1ccccc1)c1ccccc1.C[PH+](c1ccccc1)c1ccccc1.[C-]#[O+]. The summed E-state index contributed by atoms with van der Waals surface area (Å²) in [5.74, 6) is 1.18. The van der Waals surface area contributed by atoms with Crippen molar-refractivity contribution in [2.24, 2.45) is 0 Å². The average Bonchev–Trinajstić information content (AvgIpc) is 3.12. The second-order valence-electron chi connectivity index (χ2n) is 15.7. The first-order valence-corrected chi connectivity index (χ1v) is 33.5. The number of benzene rings is 5. The van der Waals surface area contributed by atoms with E-state index in [9.17, 15) is 0 Å². The number of halogens is 2. The molecule has 0 saturated heterocycles. The Morgan fingerprint density at radius 3 is 0.923 bits per heavy atom. The molecule has 52 heavy (non-hydrogen) atoms. The second-order valence-corrected chi connectivity index (χ2v) is 37.3. The first kappa shape index (κ1) is 46.6. The molecule has 5 rings (SSSR count). The van der Waals surface area contributed by atoms with Gasteiger partial charge in [-0.2, -0.15) is 0 Å². The molecule has 0 fully saturated rings. The Labute approximate surface area is 332 Å². The van der Waals surface area contributed by atoms with Gasteiger partial charge in [-0.15, -0.1) is 0 Å². The molecule has 0 radical (unpaired) electrons. The summed E-state index contributed by atoms with van der Waals surface area (Å²) >= 11 is -2.27. The van der Waals surface area contributed by atoms with E-state index in [-0.39, 0.29) is 16.2 Å². The van der Waals surface area contributed by atoms with Gasteiger partial charge in [0.15, 0.2) is 0 Å². The van der Waals surface area contributed by atoms with Crippen molar-refractivity contribution in [3.05, 3.63) is 157 Å². The van der Waals surface area contributed by atoms with E-state index in [1.807, 2.05) is 0 Å². The van der Waals surface area contributed by atoms with Crippen molar-refractivity contribution in [3.8, 4) is 0 Å². The van der Waals surface area contributed by atoms with Crippen LogP contribution in [0.15, 0.2) is 133 Å². The van der Waals surface area contributed by atoms with Crippen molar-refractivity contribution in [2.75, 3.05) is 13.3 Å². The second kappa shape index (κ2) is 22.1. The maximum absolute atomic E-state index is 7.50. The molecule has 0 atom stereocenters. The fraction of sp³-hybridized carbons (Fsp3) is 0.311. The quantitative estimate of drug-likeness (QED) is 0.0972. The van der Waals surface area contributed by atoms with Gasteiger partial charge >= 0.3 is 163 Å². The molecule has 0 aliphatic rings. The summed E-state index contributed by atoms with van der Waals surface area (Å²) < 4.78 is 7.50. The van der Waals surface area contributed by atoms with Gasteiger partial charge in [0.25, 0.3) is 0 Å². The van der Waals surface area contributed by atoms with Gasteiger partial charge in [-0.25, -0.2) is 0 Å². The summed E-state index contributed by atoms with van der Waals surface area (Å²) in [6, 6.07) is 47.8. The zero-order valence-corrected chi connectivity index (χ0v) is 40.1. The third-order valence-corrected chi connectivity index (χ3v) is 21.0. The van der Waals surface area contributed by atoms with E-state index in [4.69, 9.17) is 23.5 Å². The number of hydrogen-bond donors (Lipinski definition) is 0. The monoisotopic (exact) mass is 960 g/mol. The Morgan fingerprint density at radius 2 is 0.731 bits per heavy atom. The first-order chi connectivity index (χ1) is 24.4. The molecule has 0 amide bonds. The summed E-state index contributed by atoms with van der Waals surface area (Å²) in [4.78, 5) is 0. The predicted octanol–water partition coefficient (Wildman–Crippen LogP) is 11.9. The van der Waals surface area contributed by atoms with Crippen LogP contribution in [0.1, 0.15) is 79.0 Å². The molecular formula is C45H57Cl2OP3W+3. The van der Waals surface area contributed by atoms with E-state index in [1.165, 1.54) is 49.2 Å². The van der Waals surface area contributed by atoms with E-state index in [0.717, 1.165) is 0 Å². The zero-order chi connectivity index (χ0) is 39.1. The summed E-state index contributed by atoms with van der Waals surface area (Å²) in [6.07, 6.45) is 0. The van der Waals surface area contributed by atoms with Crippen LogP contribution in [0.25, 0.3) is 0 Å². The van der Waals surface area contributed by atoms with Gasteiger partial charge in [-0.05, 0) is 48.5 Å². The van der Waals surface area contributed by atoms with E-state index in [1.54, 1.807) is 0 Å². The van der Waals surface area contributed by atoms with Crippen molar-refractivity contribution in [1.29, 1.82) is 0 Å². The molecule has 0 aliphatic carbocycles. The summed E-state index contributed by atoms with van der Waals surface area (Å²) in [5, 5.41) is 7.28. The van der Waals surface area contributed by atoms with E-state index in [2.05, 4.69) is 216 Å². The van der Waals surface area contributed by atoms with Crippen molar-refractivity contribution < 1.29 is 18.7 Å². The summed E-state index contributed by atoms with van der Waals surface area (Å²) in [5.41, 5.74) is 4.54. The zero-order valence-electron chi connectivity index (χ0n) is 32.7. The van der Waals surface area contributed by atoms with Crippen LogP contribution in [0.3, 0.4) is 0 Å².